The fourth-order valence-electron chi connectivity index (χ4n) is 2.62. The lowest BCUT2D eigenvalue weighted by atomic mass is 9.98. The first kappa shape index (κ1) is 15.0. The highest BCUT2D eigenvalue weighted by Gasteiger charge is 2.12. The van der Waals surface area contributed by atoms with Crippen LogP contribution in [0, 0.1) is 5.92 Å². The van der Waals surface area contributed by atoms with Gasteiger partial charge in [0.15, 0.2) is 0 Å². The molecule has 1 fully saturated rings. The van der Waals surface area contributed by atoms with Gasteiger partial charge in [0.1, 0.15) is 0 Å². The number of nitrogens with one attached hydrogen (secondary N) is 1. The normalized spacial score (nSPS) is 19.4. The number of hydrogen-bond donors (Lipinski definition) is 1. The summed E-state index contributed by atoms with van der Waals surface area (Å²) < 4.78 is 5.90. The topological polar surface area (TPSA) is 21.3 Å². The van der Waals surface area contributed by atoms with Crippen molar-refractivity contribution >= 4 is 0 Å². The molecule has 1 rings (SSSR count). The summed E-state index contributed by atoms with van der Waals surface area (Å²) in [7, 11) is 0. The second-order valence-corrected chi connectivity index (χ2v) is 5.58. The highest BCUT2D eigenvalue weighted by molar-refractivity contribution is 4.65. The Morgan fingerprint density at radius 3 is 2.71 bits per heavy atom. The molecule has 2 nitrogen and oxygen atoms in total. The van der Waals surface area contributed by atoms with Crippen LogP contribution in [0.5, 0.6) is 0 Å². The summed E-state index contributed by atoms with van der Waals surface area (Å²) in [6.07, 6.45) is 11.1. The molecule has 102 valence electrons. The van der Waals surface area contributed by atoms with Gasteiger partial charge < -0.3 is 10.1 Å². The van der Waals surface area contributed by atoms with Gasteiger partial charge in [-0.25, -0.2) is 0 Å². The smallest absolute Gasteiger partial charge is 0.0575 e. The molecule has 1 aliphatic rings. The molecule has 0 amide bonds. The molecule has 0 aromatic rings. The van der Waals surface area contributed by atoms with Gasteiger partial charge in [0.2, 0.25) is 0 Å². The van der Waals surface area contributed by atoms with E-state index in [4.69, 9.17) is 4.74 Å². The van der Waals surface area contributed by atoms with Gasteiger partial charge in [-0.2, -0.15) is 0 Å². The monoisotopic (exact) mass is 241 g/mol. The van der Waals surface area contributed by atoms with Crippen molar-refractivity contribution in [2.45, 2.75) is 71.3 Å². The van der Waals surface area contributed by atoms with E-state index in [0.717, 1.165) is 32.0 Å². The third-order valence-electron chi connectivity index (χ3n) is 3.68. The Morgan fingerprint density at radius 1 is 1.24 bits per heavy atom. The van der Waals surface area contributed by atoms with E-state index in [2.05, 4.69) is 19.2 Å². The van der Waals surface area contributed by atoms with Crippen LogP contribution in [0.25, 0.3) is 0 Å². The first-order chi connectivity index (χ1) is 8.33. The van der Waals surface area contributed by atoms with Gasteiger partial charge in [0.05, 0.1) is 6.10 Å². The first-order valence-electron chi connectivity index (χ1n) is 7.65. The van der Waals surface area contributed by atoms with E-state index in [1.807, 2.05) is 0 Å². The van der Waals surface area contributed by atoms with Crippen molar-refractivity contribution in [2.75, 3.05) is 19.7 Å². The van der Waals surface area contributed by atoms with Gasteiger partial charge in [-0.3, -0.25) is 0 Å². The minimum absolute atomic E-state index is 0.572. The molecule has 0 aromatic heterocycles. The first-order valence-corrected chi connectivity index (χ1v) is 7.65. The number of ether oxygens (including phenoxy) is 1. The molecular formula is C15H31NO. The summed E-state index contributed by atoms with van der Waals surface area (Å²) in [6.45, 7) is 7.81. The highest BCUT2D eigenvalue weighted by Crippen LogP contribution is 2.20. The molecule has 0 spiro atoms. The second-order valence-electron chi connectivity index (χ2n) is 5.58. The third kappa shape index (κ3) is 7.77. The fourth-order valence-corrected chi connectivity index (χ4v) is 2.62. The molecule has 0 radical (unpaired) electrons. The van der Waals surface area contributed by atoms with E-state index < -0.39 is 0 Å². The van der Waals surface area contributed by atoms with Crippen molar-refractivity contribution in [2.24, 2.45) is 5.92 Å². The van der Waals surface area contributed by atoms with Crippen molar-refractivity contribution in [1.82, 2.24) is 5.32 Å². The lowest BCUT2D eigenvalue weighted by Crippen LogP contribution is -2.24. The van der Waals surface area contributed by atoms with Crippen LogP contribution in [-0.2, 0) is 4.74 Å². The summed E-state index contributed by atoms with van der Waals surface area (Å²) in [5.74, 6) is 0.819. The molecule has 17 heavy (non-hydrogen) atoms. The molecule has 1 atom stereocenters. The number of hydrogen-bond acceptors (Lipinski definition) is 2. The maximum Gasteiger partial charge on any atom is 0.0575 e. The maximum absolute atomic E-state index is 5.90. The van der Waals surface area contributed by atoms with E-state index >= 15 is 0 Å². The molecule has 1 aliphatic carbocycles. The predicted molar refractivity (Wildman–Crippen MR) is 74.4 cm³/mol. The van der Waals surface area contributed by atoms with Crippen molar-refractivity contribution in [3.63, 3.8) is 0 Å². The molecule has 0 bridgehead atoms. The van der Waals surface area contributed by atoms with Crippen LogP contribution in [0.1, 0.15) is 65.2 Å². The Balaban J connectivity index is 1.83. The van der Waals surface area contributed by atoms with E-state index in [1.54, 1.807) is 0 Å². The van der Waals surface area contributed by atoms with Gasteiger partial charge in [0, 0.05) is 6.61 Å². The minimum Gasteiger partial charge on any atom is -0.378 e. The SMILES string of the molecule is CCCC(C)CNCCCOC1CCCCC1. The van der Waals surface area contributed by atoms with Gasteiger partial charge in [-0.15, -0.1) is 0 Å². The summed E-state index contributed by atoms with van der Waals surface area (Å²) >= 11 is 0. The van der Waals surface area contributed by atoms with Crippen LogP contribution in [-0.4, -0.2) is 25.8 Å². The van der Waals surface area contributed by atoms with Crippen LogP contribution < -0.4 is 5.32 Å². The minimum atomic E-state index is 0.572. The van der Waals surface area contributed by atoms with Crippen LogP contribution in [0.2, 0.25) is 0 Å². The molecule has 0 aliphatic heterocycles. The summed E-state index contributed by atoms with van der Waals surface area (Å²) in [5, 5.41) is 3.53. The largest absolute Gasteiger partial charge is 0.378 e. The third-order valence-corrected chi connectivity index (χ3v) is 3.68. The zero-order chi connectivity index (χ0) is 12.3. The van der Waals surface area contributed by atoms with E-state index in [0.29, 0.717) is 6.10 Å². The quantitative estimate of drug-likeness (QED) is 0.621. The lowest BCUT2D eigenvalue weighted by molar-refractivity contribution is 0.0272. The Bertz CT molecular complexity index is 166. The van der Waals surface area contributed by atoms with Crippen molar-refractivity contribution < 1.29 is 4.74 Å². The zero-order valence-corrected chi connectivity index (χ0v) is 11.8. The fraction of sp³-hybridized carbons (Fsp3) is 1.00. The maximum atomic E-state index is 5.90. The Hall–Kier alpha value is -0.0800. The highest BCUT2D eigenvalue weighted by atomic mass is 16.5. The molecule has 1 saturated carbocycles. The van der Waals surface area contributed by atoms with Crippen LogP contribution in [0.3, 0.4) is 0 Å². The molecule has 0 heterocycles. The number of rotatable bonds is 9. The average molecular weight is 241 g/mol. The molecular weight excluding hydrogens is 210 g/mol. The van der Waals surface area contributed by atoms with Crippen molar-refractivity contribution in [3.8, 4) is 0 Å². The Labute approximate surface area is 108 Å². The summed E-state index contributed by atoms with van der Waals surface area (Å²) in [5.41, 5.74) is 0. The van der Waals surface area contributed by atoms with Crippen molar-refractivity contribution in [3.05, 3.63) is 0 Å². The van der Waals surface area contributed by atoms with Gasteiger partial charge in [-0.05, 0) is 44.7 Å². The Morgan fingerprint density at radius 2 is 2.00 bits per heavy atom. The van der Waals surface area contributed by atoms with Gasteiger partial charge in [0.25, 0.3) is 0 Å². The van der Waals surface area contributed by atoms with E-state index in [9.17, 15) is 0 Å². The molecule has 1 unspecified atom stereocenters. The van der Waals surface area contributed by atoms with Crippen LogP contribution in [0.4, 0.5) is 0 Å². The van der Waals surface area contributed by atoms with E-state index in [1.165, 1.54) is 44.9 Å². The lowest BCUT2D eigenvalue weighted by Gasteiger charge is -2.22. The van der Waals surface area contributed by atoms with Crippen LogP contribution >= 0.6 is 0 Å². The molecule has 2 heteroatoms. The van der Waals surface area contributed by atoms with E-state index in [-0.39, 0.29) is 0 Å². The molecule has 1 N–H and O–H groups in total. The second kappa shape index (κ2) is 9.90. The standard InChI is InChI=1S/C15H31NO/c1-3-8-14(2)13-16-11-7-12-17-15-9-5-4-6-10-15/h14-16H,3-13H2,1-2H3. The van der Waals surface area contributed by atoms with Crippen molar-refractivity contribution in [1.29, 1.82) is 0 Å². The van der Waals surface area contributed by atoms with Gasteiger partial charge >= 0.3 is 0 Å². The Kier molecular flexibility index (Phi) is 8.72. The molecule has 0 aromatic carbocycles. The summed E-state index contributed by atoms with van der Waals surface area (Å²) in [6, 6.07) is 0. The molecule has 0 saturated heterocycles. The zero-order valence-electron chi connectivity index (χ0n) is 11.8. The average Bonchev–Trinajstić information content (AvgIpc) is 2.35. The summed E-state index contributed by atoms with van der Waals surface area (Å²) in [4.78, 5) is 0. The van der Waals surface area contributed by atoms with Crippen LogP contribution in [0.15, 0.2) is 0 Å². The van der Waals surface area contributed by atoms with Gasteiger partial charge in [-0.1, -0.05) is 39.5 Å². The predicted octanol–water partition coefficient (Wildman–Crippen LogP) is 3.75.